The molecule has 2 saturated heterocycles. The van der Waals surface area contributed by atoms with E-state index in [1.807, 2.05) is 0 Å². The highest BCUT2D eigenvalue weighted by Gasteiger charge is 2.37. The number of benzene rings is 1. The second-order valence-corrected chi connectivity index (χ2v) is 6.20. The molecule has 8 heteroatoms. The van der Waals surface area contributed by atoms with Gasteiger partial charge in [-0.3, -0.25) is 14.7 Å². The molecule has 2 aromatic rings. The predicted octanol–water partition coefficient (Wildman–Crippen LogP) is 0.945. The number of aromatic nitrogens is 2. The van der Waals surface area contributed by atoms with Crippen LogP contribution in [0.3, 0.4) is 0 Å². The summed E-state index contributed by atoms with van der Waals surface area (Å²) >= 11 is 0. The van der Waals surface area contributed by atoms with Crippen molar-refractivity contribution in [3.8, 4) is 11.3 Å². The van der Waals surface area contributed by atoms with Gasteiger partial charge in [-0.15, -0.1) is 0 Å². The Kier molecular flexibility index (Phi) is 3.96. The molecule has 2 aliphatic heterocycles. The van der Waals surface area contributed by atoms with Gasteiger partial charge in [-0.1, -0.05) is 12.1 Å². The summed E-state index contributed by atoms with van der Waals surface area (Å²) in [5.41, 5.74) is 0.966. The van der Waals surface area contributed by atoms with Crippen molar-refractivity contribution < 1.29 is 18.7 Å². The van der Waals surface area contributed by atoms with Crippen molar-refractivity contribution in [2.45, 2.75) is 18.6 Å². The average Bonchev–Trinajstić information content (AvgIpc) is 3.10. The van der Waals surface area contributed by atoms with Crippen LogP contribution in [0.25, 0.3) is 11.3 Å². The molecule has 0 saturated carbocycles. The first kappa shape index (κ1) is 15.8. The number of hydrogen-bond acceptors (Lipinski definition) is 4. The molecule has 0 aliphatic carbocycles. The largest absolute Gasteiger partial charge is 0.366 e. The number of rotatable bonds is 2. The van der Waals surface area contributed by atoms with Crippen LogP contribution in [0.1, 0.15) is 16.8 Å². The molecular formula is C17H17FN4O3. The number of ether oxygens (including phenoxy) is 1. The Hall–Kier alpha value is -2.74. The first-order valence-electron chi connectivity index (χ1n) is 8.12. The lowest BCUT2D eigenvalue weighted by atomic mass is 9.99. The molecule has 2 fully saturated rings. The smallest absolute Gasteiger partial charge is 0.257 e. The summed E-state index contributed by atoms with van der Waals surface area (Å²) in [5, 5.41) is 9.49. The van der Waals surface area contributed by atoms with Crippen LogP contribution in [0.15, 0.2) is 30.5 Å². The zero-order valence-corrected chi connectivity index (χ0v) is 13.4. The van der Waals surface area contributed by atoms with Crippen LogP contribution in [0.2, 0.25) is 0 Å². The average molecular weight is 344 g/mol. The lowest BCUT2D eigenvalue weighted by molar-refractivity contribution is -0.139. The number of fused-ring (bicyclic) bond motifs is 1. The van der Waals surface area contributed by atoms with E-state index in [-0.39, 0.29) is 30.6 Å². The van der Waals surface area contributed by atoms with E-state index >= 15 is 0 Å². The maximum Gasteiger partial charge on any atom is 0.257 e. The minimum atomic E-state index is -0.424. The molecule has 1 aromatic carbocycles. The molecule has 2 amide bonds. The number of carbonyl (C=O) groups excluding carboxylic acids is 2. The number of piperidine rings is 1. The van der Waals surface area contributed by atoms with E-state index in [1.165, 1.54) is 12.3 Å². The van der Waals surface area contributed by atoms with Gasteiger partial charge in [0, 0.05) is 18.7 Å². The first-order chi connectivity index (χ1) is 12.1. The lowest BCUT2D eigenvalue weighted by Crippen LogP contribution is -2.61. The van der Waals surface area contributed by atoms with Crippen LogP contribution >= 0.6 is 0 Å². The highest BCUT2D eigenvalue weighted by Crippen LogP contribution is 2.26. The van der Waals surface area contributed by atoms with Gasteiger partial charge >= 0.3 is 0 Å². The number of nitrogens with zero attached hydrogens (tertiary/aromatic N) is 2. The van der Waals surface area contributed by atoms with Gasteiger partial charge in [-0.05, 0) is 18.6 Å². The van der Waals surface area contributed by atoms with E-state index in [9.17, 15) is 14.0 Å². The number of aromatic amines is 1. The van der Waals surface area contributed by atoms with Crippen LogP contribution < -0.4 is 5.32 Å². The van der Waals surface area contributed by atoms with Gasteiger partial charge in [-0.25, -0.2) is 4.39 Å². The fourth-order valence-electron chi connectivity index (χ4n) is 3.37. The quantitative estimate of drug-likeness (QED) is 0.849. The highest BCUT2D eigenvalue weighted by molar-refractivity contribution is 6.00. The van der Waals surface area contributed by atoms with Crippen LogP contribution in [0.5, 0.6) is 0 Å². The Labute approximate surface area is 143 Å². The van der Waals surface area contributed by atoms with Crippen LogP contribution in [-0.2, 0) is 9.53 Å². The molecule has 0 unspecified atom stereocenters. The Morgan fingerprint density at radius 1 is 1.36 bits per heavy atom. The molecule has 130 valence electrons. The lowest BCUT2D eigenvalue weighted by Gasteiger charge is -2.41. The van der Waals surface area contributed by atoms with Gasteiger partial charge in [0.05, 0.1) is 29.6 Å². The molecule has 25 heavy (non-hydrogen) atoms. The number of carbonyl (C=O) groups is 2. The zero-order valence-electron chi connectivity index (χ0n) is 13.4. The molecule has 7 nitrogen and oxygen atoms in total. The summed E-state index contributed by atoms with van der Waals surface area (Å²) in [6.07, 6.45) is 1.98. The number of morpholine rings is 1. The minimum absolute atomic E-state index is 0.0638. The molecule has 0 bridgehead atoms. The van der Waals surface area contributed by atoms with Gasteiger partial charge in [0.25, 0.3) is 5.91 Å². The minimum Gasteiger partial charge on any atom is -0.366 e. The van der Waals surface area contributed by atoms with E-state index in [0.29, 0.717) is 36.3 Å². The molecule has 2 aliphatic rings. The Bertz CT molecular complexity index is 822. The van der Waals surface area contributed by atoms with Gasteiger partial charge in [0.15, 0.2) is 0 Å². The SMILES string of the molecule is O=C1CO[C@H]2CCN(C(=O)c3cn[nH]c3-c3ccccc3F)C[C@H]2N1. The van der Waals surface area contributed by atoms with E-state index in [1.54, 1.807) is 23.1 Å². The Morgan fingerprint density at radius 2 is 2.20 bits per heavy atom. The third-order valence-corrected chi connectivity index (χ3v) is 4.62. The fraction of sp³-hybridized carbons (Fsp3) is 0.353. The van der Waals surface area contributed by atoms with Crippen molar-refractivity contribution in [2.75, 3.05) is 19.7 Å². The third-order valence-electron chi connectivity index (χ3n) is 4.62. The highest BCUT2D eigenvalue weighted by atomic mass is 19.1. The third kappa shape index (κ3) is 2.89. The number of halogens is 1. The monoisotopic (exact) mass is 344 g/mol. The fourth-order valence-corrected chi connectivity index (χ4v) is 3.37. The molecule has 0 radical (unpaired) electrons. The normalized spacial score (nSPS) is 23.1. The molecule has 4 rings (SSSR count). The second-order valence-electron chi connectivity index (χ2n) is 6.20. The van der Waals surface area contributed by atoms with E-state index in [0.717, 1.165) is 0 Å². The van der Waals surface area contributed by atoms with Gasteiger partial charge in [-0.2, -0.15) is 5.10 Å². The number of hydrogen-bond donors (Lipinski definition) is 2. The first-order valence-corrected chi connectivity index (χ1v) is 8.12. The summed E-state index contributed by atoms with van der Waals surface area (Å²) in [5.74, 6) is -0.844. The van der Waals surface area contributed by atoms with Crippen molar-refractivity contribution in [3.05, 3.63) is 41.8 Å². The van der Waals surface area contributed by atoms with Crippen molar-refractivity contribution in [3.63, 3.8) is 0 Å². The van der Waals surface area contributed by atoms with Gasteiger partial charge < -0.3 is 15.0 Å². The Balaban J connectivity index is 1.57. The standard InChI is InChI=1S/C17H17FN4O3/c18-12-4-2-1-3-10(12)16-11(7-19-21-16)17(24)22-6-5-14-13(8-22)20-15(23)9-25-14/h1-4,7,13-14H,5-6,8-9H2,(H,19,21)(H,20,23)/t13-,14+/m1/s1. The molecular weight excluding hydrogens is 327 g/mol. The van der Waals surface area contributed by atoms with Gasteiger partial charge in [0.1, 0.15) is 12.4 Å². The van der Waals surface area contributed by atoms with Crippen LogP contribution in [0.4, 0.5) is 4.39 Å². The number of H-pyrrole nitrogens is 1. The molecule has 3 heterocycles. The van der Waals surface area contributed by atoms with E-state index in [2.05, 4.69) is 15.5 Å². The molecule has 2 atom stereocenters. The van der Waals surface area contributed by atoms with Crippen LogP contribution in [-0.4, -0.2) is 58.8 Å². The molecule has 0 spiro atoms. The summed E-state index contributed by atoms with van der Waals surface area (Å²) in [6.45, 7) is 0.934. The van der Waals surface area contributed by atoms with Crippen molar-refractivity contribution >= 4 is 11.8 Å². The summed E-state index contributed by atoms with van der Waals surface area (Å²) in [7, 11) is 0. The summed E-state index contributed by atoms with van der Waals surface area (Å²) < 4.78 is 19.6. The van der Waals surface area contributed by atoms with Gasteiger partial charge in [0.2, 0.25) is 5.91 Å². The molecule has 2 N–H and O–H groups in total. The van der Waals surface area contributed by atoms with Crippen molar-refractivity contribution in [2.24, 2.45) is 0 Å². The summed E-state index contributed by atoms with van der Waals surface area (Å²) in [4.78, 5) is 26.1. The van der Waals surface area contributed by atoms with Crippen molar-refractivity contribution in [1.29, 1.82) is 0 Å². The van der Waals surface area contributed by atoms with Crippen molar-refractivity contribution in [1.82, 2.24) is 20.4 Å². The maximum atomic E-state index is 14.1. The predicted molar refractivity (Wildman–Crippen MR) is 86.2 cm³/mol. The number of nitrogens with one attached hydrogen (secondary N) is 2. The van der Waals surface area contributed by atoms with Crippen LogP contribution in [0, 0.1) is 5.82 Å². The molecule has 1 aromatic heterocycles. The topological polar surface area (TPSA) is 87.3 Å². The number of likely N-dealkylation sites (tertiary alicyclic amines) is 1. The van der Waals surface area contributed by atoms with E-state index < -0.39 is 5.82 Å². The zero-order chi connectivity index (χ0) is 17.4. The van der Waals surface area contributed by atoms with E-state index in [4.69, 9.17) is 4.74 Å². The maximum absolute atomic E-state index is 14.1. The summed E-state index contributed by atoms with van der Waals surface area (Å²) in [6, 6.07) is 6.01. The second kappa shape index (κ2) is 6.29. The Morgan fingerprint density at radius 3 is 3.04 bits per heavy atom. The number of amides is 2.